The number of benzene rings is 2. The maximum atomic E-state index is 6.10. The number of allylic oxidation sites excluding steroid dienone is 2. The van der Waals surface area contributed by atoms with E-state index < -0.39 is 0 Å². The summed E-state index contributed by atoms with van der Waals surface area (Å²) >= 11 is 0. The van der Waals surface area contributed by atoms with E-state index in [1.165, 1.54) is 11.1 Å². The van der Waals surface area contributed by atoms with Crippen molar-refractivity contribution >= 4 is 10.8 Å². The maximum absolute atomic E-state index is 6.10. The predicted molar refractivity (Wildman–Crippen MR) is 95.2 cm³/mol. The van der Waals surface area contributed by atoms with Gasteiger partial charge in [0.15, 0.2) is 0 Å². The monoisotopic (exact) mass is 328 g/mol. The number of fused-ring (bicyclic) bond motifs is 2. The summed E-state index contributed by atoms with van der Waals surface area (Å²) in [4.78, 5) is 0. The molecule has 4 nitrogen and oxygen atoms in total. The van der Waals surface area contributed by atoms with Crippen LogP contribution in [0.1, 0.15) is 11.1 Å². The van der Waals surface area contributed by atoms with Crippen molar-refractivity contribution < 1.29 is 18.9 Å². The molecule has 0 unspecified atom stereocenters. The lowest BCUT2D eigenvalue weighted by atomic mass is 9.90. The smallest absolute Gasteiger partial charge is 0.131 e. The van der Waals surface area contributed by atoms with Crippen LogP contribution in [0.5, 0.6) is 11.5 Å². The average Bonchev–Trinajstić information content (AvgIpc) is 2.63. The van der Waals surface area contributed by atoms with Crippen molar-refractivity contribution in [2.24, 2.45) is 0 Å². The summed E-state index contributed by atoms with van der Waals surface area (Å²) in [6.45, 7) is 2.23. The Bertz CT molecular complexity index is 661. The van der Waals surface area contributed by atoms with Crippen LogP contribution in [0, 0.1) is 0 Å². The Morgan fingerprint density at radius 1 is 0.708 bits per heavy atom. The lowest BCUT2D eigenvalue weighted by Gasteiger charge is -2.23. The zero-order chi connectivity index (χ0) is 16.8. The van der Waals surface area contributed by atoms with Crippen LogP contribution >= 0.6 is 0 Å². The molecule has 0 aromatic heterocycles. The lowest BCUT2D eigenvalue weighted by Crippen LogP contribution is -2.12. The fraction of sp³-hybridized carbons (Fsp3) is 0.400. The maximum Gasteiger partial charge on any atom is 0.131 e. The van der Waals surface area contributed by atoms with Gasteiger partial charge in [0.2, 0.25) is 0 Å². The van der Waals surface area contributed by atoms with E-state index >= 15 is 0 Å². The Hall–Kier alpha value is -2.04. The Balaban J connectivity index is 2.08. The van der Waals surface area contributed by atoms with E-state index in [1.807, 2.05) is 12.1 Å². The third kappa shape index (κ3) is 3.40. The van der Waals surface area contributed by atoms with Crippen molar-refractivity contribution in [1.29, 1.82) is 0 Å². The van der Waals surface area contributed by atoms with Crippen LogP contribution in [0.2, 0.25) is 0 Å². The van der Waals surface area contributed by atoms with Gasteiger partial charge in [0.05, 0.1) is 13.2 Å². The average molecular weight is 328 g/mol. The van der Waals surface area contributed by atoms with Crippen LogP contribution < -0.4 is 9.47 Å². The minimum atomic E-state index is 0.542. The van der Waals surface area contributed by atoms with Gasteiger partial charge in [0.1, 0.15) is 24.7 Å². The van der Waals surface area contributed by atoms with Gasteiger partial charge in [-0.1, -0.05) is 36.4 Å². The summed E-state index contributed by atoms with van der Waals surface area (Å²) in [7, 11) is 3.37. The molecule has 1 aliphatic carbocycles. The number of methoxy groups -OCH3 is 2. The van der Waals surface area contributed by atoms with Gasteiger partial charge >= 0.3 is 0 Å². The summed E-state index contributed by atoms with van der Waals surface area (Å²) in [6, 6.07) is 8.27. The molecule has 0 saturated heterocycles. The minimum absolute atomic E-state index is 0.542. The molecule has 0 spiro atoms. The van der Waals surface area contributed by atoms with E-state index in [0.717, 1.165) is 35.1 Å². The van der Waals surface area contributed by atoms with Crippen molar-refractivity contribution in [2.75, 3.05) is 40.6 Å². The second-order valence-electron chi connectivity index (χ2n) is 5.72. The van der Waals surface area contributed by atoms with Crippen molar-refractivity contribution in [1.82, 2.24) is 0 Å². The summed E-state index contributed by atoms with van der Waals surface area (Å²) in [5, 5.41) is 2.19. The second kappa shape index (κ2) is 8.18. The van der Waals surface area contributed by atoms with Crippen molar-refractivity contribution in [3.63, 3.8) is 0 Å². The highest BCUT2D eigenvalue weighted by atomic mass is 16.5. The zero-order valence-electron chi connectivity index (χ0n) is 14.3. The molecule has 0 N–H and O–H groups in total. The van der Waals surface area contributed by atoms with Crippen LogP contribution in [0.25, 0.3) is 10.8 Å². The van der Waals surface area contributed by atoms with Crippen LogP contribution in [0.4, 0.5) is 0 Å². The van der Waals surface area contributed by atoms with Crippen LogP contribution in [-0.2, 0) is 22.3 Å². The largest absolute Gasteiger partial charge is 0.490 e. The molecule has 0 heterocycles. The van der Waals surface area contributed by atoms with Crippen LogP contribution in [0.15, 0.2) is 36.4 Å². The summed E-state index contributed by atoms with van der Waals surface area (Å²) < 4.78 is 22.5. The number of rotatable bonds is 8. The van der Waals surface area contributed by atoms with E-state index in [2.05, 4.69) is 24.3 Å². The normalized spacial score (nSPS) is 13.1. The molecule has 0 bridgehead atoms. The summed E-state index contributed by atoms with van der Waals surface area (Å²) in [6.07, 6.45) is 6.12. The summed E-state index contributed by atoms with van der Waals surface area (Å²) in [5.74, 6) is 1.92. The highest BCUT2D eigenvalue weighted by Gasteiger charge is 2.21. The molecule has 0 saturated carbocycles. The van der Waals surface area contributed by atoms with Crippen molar-refractivity contribution in [2.45, 2.75) is 12.8 Å². The van der Waals surface area contributed by atoms with Gasteiger partial charge in [0, 0.05) is 36.1 Å². The third-order valence-electron chi connectivity index (χ3n) is 4.21. The quantitative estimate of drug-likeness (QED) is 0.548. The summed E-state index contributed by atoms with van der Waals surface area (Å²) in [5.41, 5.74) is 2.44. The van der Waals surface area contributed by atoms with Gasteiger partial charge in [-0.25, -0.2) is 0 Å². The van der Waals surface area contributed by atoms with Crippen LogP contribution in [0.3, 0.4) is 0 Å². The predicted octanol–water partition coefficient (Wildman–Crippen LogP) is 3.55. The highest BCUT2D eigenvalue weighted by Crippen LogP contribution is 2.43. The molecule has 128 valence electrons. The van der Waals surface area contributed by atoms with Gasteiger partial charge in [-0.3, -0.25) is 0 Å². The Morgan fingerprint density at radius 3 is 1.58 bits per heavy atom. The highest BCUT2D eigenvalue weighted by molar-refractivity contribution is 5.96. The molecule has 0 aliphatic heterocycles. The van der Waals surface area contributed by atoms with Gasteiger partial charge in [0.25, 0.3) is 0 Å². The van der Waals surface area contributed by atoms with Gasteiger partial charge in [-0.15, -0.1) is 0 Å². The first-order valence-corrected chi connectivity index (χ1v) is 8.31. The van der Waals surface area contributed by atoms with E-state index in [1.54, 1.807) is 14.2 Å². The van der Waals surface area contributed by atoms with E-state index in [-0.39, 0.29) is 0 Å². The van der Waals surface area contributed by atoms with Gasteiger partial charge in [-0.05, 0) is 12.8 Å². The fourth-order valence-corrected chi connectivity index (χ4v) is 3.10. The Morgan fingerprint density at radius 2 is 1.17 bits per heavy atom. The topological polar surface area (TPSA) is 36.9 Å². The molecule has 0 atom stereocenters. The number of hydrogen-bond acceptors (Lipinski definition) is 4. The molecule has 0 amide bonds. The Kier molecular flexibility index (Phi) is 5.72. The third-order valence-corrected chi connectivity index (χ3v) is 4.21. The molecule has 0 fully saturated rings. The molecular weight excluding hydrogens is 304 g/mol. The molecule has 0 radical (unpaired) electrons. The second-order valence-corrected chi connectivity index (χ2v) is 5.72. The molecule has 24 heavy (non-hydrogen) atoms. The lowest BCUT2D eigenvalue weighted by molar-refractivity contribution is 0.145. The minimum Gasteiger partial charge on any atom is -0.490 e. The zero-order valence-corrected chi connectivity index (χ0v) is 14.3. The molecule has 4 heteroatoms. The number of hydrogen-bond donors (Lipinski definition) is 0. The molecule has 2 aromatic rings. The molecular formula is C20H24O4. The van der Waals surface area contributed by atoms with E-state index in [0.29, 0.717) is 26.4 Å². The first kappa shape index (κ1) is 16.8. The first-order valence-electron chi connectivity index (χ1n) is 8.31. The first-order chi connectivity index (χ1) is 11.9. The van der Waals surface area contributed by atoms with Crippen molar-refractivity contribution in [3.8, 4) is 11.5 Å². The standard InChI is InChI=1S/C20H24O4/c1-21-11-13-23-19-15-7-3-5-9-17(15)20(24-14-12-22-2)18-10-6-4-8-16(18)19/h3-7,9H,8,10-14H2,1-2H3. The van der Waals surface area contributed by atoms with E-state index in [9.17, 15) is 0 Å². The van der Waals surface area contributed by atoms with Crippen molar-refractivity contribution in [3.05, 3.63) is 47.5 Å². The van der Waals surface area contributed by atoms with Gasteiger partial charge in [-0.2, -0.15) is 0 Å². The molecule has 3 rings (SSSR count). The SMILES string of the molecule is COCCOc1c2c(c(OCCOC)c3ccccc13)CC=CC2. The molecule has 2 aromatic carbocycles. The number of ether oxygens (including phenoxy) is 4. The van der Waals surface area contributed by atoms with Gasteiger partial charge < -0.3 is 18.9 Å². The van der Waals surface area contributed by atoms with Crippen LogP contribution in [-0.4, -0.2) is 40.6 Å². The van der Waals surface area contributed by atoms with E-state index in [4.69, 9.17) is 18.9 Å². The molecule has 1 aliphatic rings. The fourth-order valence-electron chi connectivity index (χ4n) is 3.10. The Labute approximate surface area is 143 Å².